The first kappa shape index (κ1) is 14.4. The third-order valence-electron chi connectivity index (χ3n) is 2.38. The van der Waals surface area contributed by atoms with Gasteiger partial charge in [-0.1, -0.05) is 30.1 Å². The number of nitrogens with zero attached hydrogens (tertiary/aromatic N) is 1. The molecule has 2 aromatic rings. The molecule has 0 amide bonds. The van der Waals surface area contributed by atoms with Crippen molar-refractivity contribution in [2.75, 3.05) is 11.9 Å². The van der Waals surface area contributed by atoms with E-state index in [-0.39, 0.29) is 0 Å². The van der Waals surface area contributed by atoms with Gasteiger partial charge >= 0.3 is 0 Å². The van der Waals surface area contributed by atoms with E-state index in [1.165, 1.54) is 0 Å². The lowest BCUT2D eigenvalue weighted by Gasteiger charge is -2.11. The van der Waals surface area contributed by atoms with Crippen LogP contribution in [0.5, 0.6) is 5.75 Å². The Labute approximate surface area is 126 Å². The molecule has 0 saturated heterocycles. The maximum Gasteiger partial charge on any atom is 0.182 e. The van der Waals surface area contributed by atoms with Gasteiger partial charge in [0.25, 0.3) is 0 Å². The van der Waals surface area contributed by atoms with E-state index in [1.54, 1.807) is 17.5 Å². The summed E-state index contributed by atoms with van der Waals surface area (Å²) in [6.07, 6.45) is 2.68. The quantitative estimate of drug-likeness (QED) is 0.827. The fraction of sp³-hybridized carbons (Fsp3) is 0.308. The van der Waals surface area contributed by atoms with Crippen LogP contribution in [-0.4, -0.2) is 11.6 Å². The molecular formula is C13H14Cl2N2OS. The molecule has 0 bridgehead atoms. The number of rotatable bonds is 6. The van der Waals surface area contributed by atoms with Crippen molar-refractivity contribution in [3.05, 3.63) is 39.3 Å². The molecule has 0 aliphatic rings. The van der Waals surface area contributed by atoms with Gasteiger partial charge in [0.15, 0.2) is 10.9 Å². The monoisotopic (exact) mass is 316 g/mol. The molecule has 0 aliphatic heterocycles. The summed E-state index contributed by atoms with van der Waals surface area (Å²) in [5.74, 6) is 0.559. The SMILES string of the molecule is CCCOc1c(Cl)cc(CNc2nccs2)cc1Cl. The molecule has 6 heteroatoms. The summed E-state index contributed by atoms with van der Waals surface area (Å²) < 4.78 is 5.53. The van der Waals surface area contributed by atoms with Gasteiger partial charge in [-0.25, -0.2) is 4.98 Å². The number of hydrogen-bond acceptors (Lipinski definition) is 4. The standard InChI is InChI=1S/C13H14Cl2N2OS/c1-2-4-18-12-10(14)6-9(7-11(12)15)8-17-13-16-3-5-19-13/h3,5-7H,2,4,8H2,1H3,(H,16,17). The Bertz CT molecular complexity index is 508. The van der Waals surface area contributed by atoms with Crippen LogP contribution in [0.25, 0.3) is 0 Å². The number of halogens is 2. The third kappa shape index (κ3) is 4.00. The normalized spacial score (nSPS) is 10.5. The lowest BCUT2D eigenvalue weighted by molar-refractivity contribution is 0.318. The van der Waals surface area contributed by atoms with Gasteiger partial charge in [0, 0.05) is 18.1 Å². The van der Waals surface area contributed by atoms with E-state index < -0.39 is 0 Å². The predicted molar refractivity (Wildman–Crippen MR) is 81.7 cm³/mol. The Morgan fingerprint density at radius 2 is 2.05 bits per heavy atom. The van der Waals surface area contributed by atoms with Crippen molar-refractivity contribution >= 4 is 39.7 Å². The number of hydrogen-bond donors (Lipinski definition) is 1. The van der Waals surface area contributed by atoms with Crippen molar-refractivity contribution in [2.45, 2.75) is 19.9 Å². The van der Waals surface area contributed by atoms with E-state index in [9.17, 15) is 0 Å². The minimum absolute atomic E-state index is 0.539. The van der Waals surface area contributed by atoms with Crippen molar-refractivity contribution < 1.29 is 4.74 Å². The zero-order chi connectivity index (χ0) is 13.7. The molecular weight excluding hydrogens is 303 g/mol. The first-order chi connectivity index (χ1) is 9.20. The highest BCUT2D eigenvalue weighted by atomic mass is 35.5. The van der Waals surface area contributed by atoms with E-state index in [0.29, 0.717) is 28.9 Å². The number of aromatic nitrogens is 1. The first-order valence-electron chi connectivity index (χ1n) is 5.94. The van der Waals surface area contributed by atoms with Crippen molar-refractivity contribution in [2.24, 2.45) is 0 Å². The molecule has 0 atom stereocenters. The zero-order valence-electron chi connectivity index (χ0n) is 10.5. The van der Waals surface area contributed by atoms with Crippen LogP contribution in [0.3, 0.4) is 0 Å². The lowest BCUT2D eigenvalue weighted by Crippen LogP contribution is -2.01. The molecule has 1 aromatic heterocycles. The maximum absolute atomic E-state index is 6.18. The van der Waals surface area contributed by atoms with Crippen LogP contribution in [0.1, 0.15) is 18.9 Å². The van der Waals surface area contributed by atoms with Gasteiger partial charge in [-0.15, -0.1) is 11.3 Å². The number of benzene rings is 1. The average molecular weight is 317 g/mol. The van der Waals surface area contributed by atoms with Gasteiger partial charge < -0.3 is 10.1 Å². The summed E-state index contributed by atoms with van der Waals surface area (Å²) >= 11 is 13.9. The van der Waals surface area contributed by atoms with Crippen molar-refractivity contribution in [1.82, 2.24) is 4.98 Å². The number of thiazole rings is 1. The second-order valence-corrected chi connectivity index (χ2v) is 5.64. The molecule has 19 heavy (non-hydrogen) atoms. The Kier molecular flexibility index (Phi) is 5.31. The highest BCUT2D eigenvalue weighted by Crippen LogP contribution is 2.34. The van der Waals surface area contributed by atoms with E-state index in [4.69, 9.17) is 27.9 Å². The largest absolute Gasteiger partial charge is 0.490 e. The van der Waals surface area contributed by atoms with Crippen molar-refractivity contribution in [3.8, 4) is 5.75 Å². The fourth-order valence-corrected chi connectivity index (χ4v) is 2.71. The minimum atomic E-state index is 0.539. The van der Waals surface area contributed by atoms with Gasteiger partial charge in [0.05, 0.1) is 16.7 Å². The molecule has 0 aliphatic carbocycles. The van der Waals surface area contributed by atoms with Crippen molar-refractivity contribution in [1.29, 1.82) is 0 Å². The van der Waals surface area contributed by atoms with Crippen LogP contribution in [0, 0.1) is 0 Å². The van der Waals surface area contributed by atoms with Crippen LogP contribution >= 0.6 is 34.5 Å². The average Bonchev–Trinajstić information content (AvgIpc) is 2.88. The number of nitrogens with one attached hydrogen (secondary N) is 1. The maximum atomic E-state index is 6.18. The highest BCUT2D eigenvalue weighted by molar-refractivity contribution is 7.13. The first-order valence-corrected chi connectivity index (χ1v) is 7.58. The Balaban J connectivity index is 2.06. The molecule has 0 spiro atoms. The Morgan fingerprint density at radius 1 is 1.32 bits per heavy atom. The van der Waals surface area contributed by atoms with E-state index in [1.807, 2.05) is 24.4 Å². The molecule has 1 aromatic carbocycles. The van der Waals surface area contributed by atoms with Gasteiger partial charge in [-0.2, -0.15) is 0 Å². The van der Waals surface area contributed by atoms with E-state index >= 15 is 0 Å². The molecule has 0 radical (unpaired) electrons. The molecule has 0 saturated carbocycles. The third-order valence-corrected chi connectivity index (χ3v) is 3.68. The smallest absolute Gasteiger partial charge is 0.182 e. The van der Waals surface area contributed by atoms with Gasteiger partial charge in [0.1, 0.15) is 0 Å². The summed E-state index contributed by atoms with van der Waals surface area (Å²) in [6.45, 7) is 3.27. The topological polar surface area (TPSA) is 34.1 Å². The molecule has 3 nitrogen and oxygen atoms in total. The van der Waals surface area contributed by atoms with Gasteiger partial charge in [-0.3, -0.25) is 0 Å². The summed E-state index contributed by atoms with van der Waals surface area (Å²) in [7, 11) is 0. The lowest BCUT2D eigenvalue weighted by atomic mass is 10.2. The second kappa shape index (κ2) is 6.98. The van der Waals surface area contributed by atoms with E-state index in [2.05, 4.69) is 10.3 Å². The Morgan fingerprint density at radius 3 is 2.63 bits per heavy atom. The highest BCUT2D eigenvalue weighted by Gasteiger charge is 2.09. The van der Waals surface area contributed by atoms with Crippen LogP contribution in [0.15, 0.2) is 23.7 Å². The van der Waals surface area contributed by atoms with Crippen LogP contribution in [-0.2, 0) is 6.54 Å². The summed E-state index contributed by atoms with van der Waals surface area (Å²) in [4.78, 5) is 4.15. The van der Waals surface area contributed by atoms with Crippen LogP contribution in [0.4, 0.5) is 5.13 Å². The minimum Gasteiger partial charge on any atom is -0.490 e. The van der Waals surface area contributed by atoms with Gasteiger partial charge in [0.2, 0.25) is 0 Å². The Hall–Kier alpha value is -0.970. The van der Waals surface area contributed by atoms with Crippen LogP contribution < -0.4 is 10.1 Å². The molecule has 2 rings (SSSR count). The summed E-state index contributed by atoms with van der Waals surface area (Å²) in [5.41, 5.74) is 0.994. The van der Waals surface area contributed by atoms with Crippen molar-refractivity contribution in [3.63, 3.8) is 0 Å². The fourth-order valence-electron chi connectivity index (χ4n) is 1.54. The number of anilines is 1. The predicted octanol–water partition coefficient (Wildman–Crippen LogP) is 4.85. The van der Waals surface area contributed by atoms with Gasteiger partial charge in [-0.05, 0) is 24.1 Å². The second-order valence-electron chi connectivity index (χ2n) is 3.93. The summed E-state index contributed by atoms with van der Waals surface area (Å²) in [6, 6.07) is 3.72. The van der Waals surface area contributed by atoms with Crippen LogP contribution in [0.2, 0.25) is 10.0 Å². The number of ether oxygens (including phenoxy) is 1. The van der Waals surface area contributed by atoms with E-state index in [0.717, 1.165) is 17.1 Å². The molecule has 0 fully saturated rings. The zero-order valence-corrected chi connectivity index (χ0v) is 12.8. The molecule has 1 N–H and O–H groups in total. The summed E-state index contributed by atoms with van der Waals surface area (Å²) in [5, 5.41) is 7.08. The molecule has 102 valence electrons. The molecule has 1 heterocycles. The molecule has 0 unspecified atom stereocenters.